The summed E-state index contributed by atoms with van der Waals surface area (Å²) in [5.41, 5.74) is 1.98. The zero-order chi connectivity index (χ0) is 21.1. The van der Waals surface area contributed by atoms with Gasteiger partial charge in [-0.05, 0) is 44.6 Å². The molecule has 1 fully saturated rings. The van der Waals surface area contributed by atoms with Crippen LogP contribution in [0.5, 0.6) is 5.75 Å². The van der Waals surface area contributed by atoms with Crippen molar-refractivity contribution in [1.82, 2.24) is 25.6 Å². The van der Waals surface area contributed by atoms with Crippen molar-refractivity contribution in [3.05, 3.63) is 41.7 Å². The highest BCUT2D eigenvalue weighted by Crippen LogP contribution is 2.16. The zero-order valence-corrected chi connectivity index (χ0v) is 18.1. The van der Waals surface area contributed by atoms with Crippen molar-refractivity contribution in [3.63, 3.8) is 0 Å². The van der Waals surface area contributed by atoms with Crippen LogP contribution in [0, 0.1) is 6.92 Å². The molecule has 0 spiro atoms. The number of aryl methyl sites for hydroxylation is 1. The number of aliphatic hydroxyl groups excluding tert-OH is 1. The lowest BCUT2D eigenvalue weighted by molar-refractivity contribution is -0.0512. The Bertz CT molecular complexity index is 738. The third kappa shape index (κ3) is 8.76. The van der Waals surface area contributed by atoms with Gasteiger partial charge in [0.2, 0.25) is 0 Å². The maximum Gasteiger partial charge on any atom is 0.166 e. The Hall–Kier alpha value is -2.23. The largest absolute Gasteiger partial charge is 0.487 e. The fraction of sp³-hybridized carbons (Fsp3) is 0.550. The molecule has 0 aliphatic carbocycles. The van der Waals surface area contributed by atoms with Crippen molar-refractivity contribution in [2.45, 2.75) is 52.0 Å². The highest BCUT2D eigenvalue weighted by atomic mass is 32.1. The topological polar surface area (TPSA) is 93.5 Å². The van der Waals surface area contributed by atoms with E-state index in [2.05, 4.69) is 20.9 Å². The Morgan fingerprint density at radius 3 is 2.76 bits per heavy atom. The van der Waals surface area contributed by atoms with E-state index in [9.17, 15) is 5.11 Å². The minimum absolute atomic E-state index is 0.00341. The summed E-state index contributed by atoms with van der Waals surface area (Å²) < 4.78 is 13.0. The second-order valence-corrected chi connectivity index (χ2v) is 7.22. The van der Waals surface area contributed by atoms with Crippen LogP contribution in [0.15, 0.2) is 30.5 Å². The van der Waals surface area contributed by atoms with Gasteiger partial charge in [-0.3, -0.25) is 0 Å². The third-order valence-electron chi connectivity index (χ3n) is 4.29. The summed E-state index contributed by atoms with van der Waals surface area (Å²) in [5, 5.41) is 24.2. The smallest absolute Gasteiger partial charge is 0.166 e. The number of aliphatic hydroxyl groups is 1. The van der Waals surface area contributed by atoms with E-state index >= 15 is 0 Å². The number of nitrogens with zero attached hydrogens (tertiary/aromatic N) is 3. The Morgan fingerprint density at radius 2 is 2.14 bits per heavy atom. The lowest BCUT2D eigenvalue weighted by Crippen LogP contribution is -2.32. The maximum atomic E-state index is 9.65. The first kappa shape index (κ1) is 23.1. The van der Waals surface area contributed by atoms with Gasteiger partial charge in [0.15, 0.2) is 5.11 Å². The van der Waals surface area contributed by atoms with Gasteiger partial charge in [0.1, 0.15) is 18.1 Å². The van der Waals surface area contributed by atoms with Crippen LogP contribution >= 0.6 is 12.2 Å². The first-order chi connectivity index (χ1) is 14.0. The Kier molecular flexibility index (Phi) is 9.82. The molecule has 3 rings (SSSR count). The van der Waals surface area contributed by atoms with E-state index in [0.29, 0.717) is 37.7 Å². The number of thiocarbonyl (C=S) groups is 1. The van der Waals surface area contributed by atoms with Crippen molar-refractivity contribution in [3.8, 4) is 5.75 Å². The molecule has 2 atom stereocenters. The molecular formula is C20H31N5O3S. The third-order valence-corrected chi connectivity index (χ3v) is 4.64. The van der Waals surface area contributed by atoms with Crippen LogP contribution in [0.4, 0.5) is 0 Å². The van der Waals surface area contributed by atoms with Gasteiger partial charge in [0.25, 0.3) is 0 Å². The van der Waals surface area contributed by atoms with Crippen LogP contribution in [0.3, 0.4) is 0 Å². The van der Waals surface area contributed by atoms with Crippen molar-refractivity contribution in [2.24, 2.45) is 0 Å². The predicted molar refractivity (Wildman–Crippen MR) is 116 cm³/mol. The summed E-state index contributed by atoms with van der Waals surface area (Å²) >= 11 is 4.73. The Morgan fingerprint density at radius 1 is 1.38 bits per heavy atom. The molecule has 1 aromatic heterocycles. The van der Waals surface area contributed by atoms with Crippen molar-refractivity contribution in [1.29, 1.82) is 0 Å². The molecule has 1 saturated heterocycles. The van der Waals surface area contributed by atoms with Gasteiger partial charge in [-0.2, -0.15) is 0 Å². The summed E-state index contributed by atoms with van der Waals surface area (Å²) in [6.07, 6.45) is 2.94. The van der Waals surface area contributed by atoms with Crippen LogP contribution in [-0.4, -0.2) is 57.6 Å². The first-order valence-electron chi connectivity index (χ1n) is 9.83. The van der Waals surface area contributed by atoms with Crippen molar-refractivity contribution >= 4 is 17.3 Å². The fourth-order valence-electron chi connectivity index (χ4n) is 2.73. The molecule has 1 aromatic carbocycles. The van der Waals surface area contributed by atoms with E-state index in [1.165, 1.54) is 5.56 Å². The zero-order valence-electron chi connectivity index (χ0n) is 17.3. The number of benzene rings is 1. The van der Waals surface area contributed by atoms with Crippen LogP contribution in [0.2, 0.25) is 0 Å². The summed E-state index contributed by atoms with van der Waals surface area (Å²) in [6.45, 7) is 6.53. The van der Waals surface area contributed by atoms with E-state index in [0.717, 1.165) is 18.0 Å². The standard InChI is InChI=1S/C16H21N3O3.C4H10N2S/c1-12-2-4-15(5-3-12)22-11-13-9-19(18-17-13)10-16-8-14(20)6-7-21-16;1-3-6-4(7)5-2/h2-5,9,14,16,20H,6-8,10-11H2,1H3;3H2,1-2H3,(H2,5,6,7). The average molecular weight is 422 g/mol. The second kappa shape index (κ2) is 12.4. The summed E-state index contributed by atoms with van der Waals surface area (Å²) in [4.78, 5) is 0. The molecule has 8 nitrogen and oxygen atoms in total. The van der Waals surface area contributed by atoms with Gasteiger partial charge in [-0.1, -0.05) is 22.9 Å². The van der Waals surface area contributed by atoms with Gasteiger partial charge >= 0.3 is 0 Å². The number of hydrogen-bond donors (Lipinski definition) is 3. The first-order valence-corrected chi connectivity index (χ1v) is 10.2. The minimum Gasteiger partial charge on any atom is -0.487 e. The Labute approximate surface area is 177 Å². The maximum absolute atomic E-state index is 9.65. The average Bonchev–Trinajstić information content (AvgIpc) is 3.15. The molecule has 29 heavy (non-hydrogen) atoms. The molecule has 2 aromatic rings. The van der Waals surface area contributed by atoms with Crippen LogP contribution < -0.4 is 15.4 Å². The number of ether oxygens (including phenoxy) is 2. The molecule has 1 aliphatic heterocycles. The molecular weight excluding hydrogens is 390 g/mol. The summed E-state index contributed by atoms with van der Waals surface area (Å²) in [5.74, 6) is 0.818. The highest BCUT2D eigenvalue weighted by molar-refractivity contribution is 7.80. The highest BCUT2D eigenvalue weighted by Gasteiger charge is 2.21. The molecule has 2 heterocycles. The molecule has 0 amide bonds. The van der Waals surface area contributed by atoms with Gasteiger partial charge in [0, 0.05) is 26.6 Å². The number of hydrogen-bond acceptors (Lipinski definition) is 6. The minimum atomic E-state index is -0.272. The fourth-order valence-corrected chi connectivity index (χ4v) is 2.87. The normalized spacial score (nSPS) is 18.3. The van der Waals surface area contributed by atoms with Crippen molar-refractivity contribution in [2.75, 3.05) is 20.2 Å². The number of nitrogens with one attached hydrogen (secondary N) is 2. The molecule has 2 unspecified atom stereocenters. The molecule has 9 heteroatoms. The summed E-state index contributed by atoms with van der Waals surface area (Å²) in [7, 11) is 1.80. The van der Waals surface area contributed by atoms with E-state index in [1.807, 2.05) is 44.3 Å². The van der Waals surface area contributed by atoms with E-state index in [-0.39, 0.29) is 12.2 Å². The molecule has 0 saturated carbocycles. The second-order valence-electron chi connectivity index (χ2n) is 6.81. The van der Waals surface area contributed by atoms with E-state index in [1.54, 1.807) is 11.7 Å². The molecule has 160 valence electrons. The van der Waals surface area contributed by atoms with Crippen LogP contribution in [0.1, 0.15) is 31.0 Å². The molecule has 3 N–H and O–H groups in total. The lowest BCUT2D eigenvalue weighted by atomic mass is 10.1. The van der Waals surface area contributed by atoms with E-state index < -0.39 is 0 Å². The lowest BCUT2D eigenvalue weighted by Gasteiger charge is -2.26. The van der Waals surface area contributed by atoms with Crippen molar-refractivity contribution < 1.29 is 14.6 Å². The van der Waals surface area contributed by atoms with Crippen LogP contribution in [0.25, 0.3) is 0 Å². The predicted octanol–water partition coefficient (Wildman–Crippen LogP) is 1.81. The molecule has 0 bridgehead atoms. The Balaban J connectivity index is 0.000000370. The summed E-state index contributed by atoms with van der Waals surface area (Å²) in [6, 6.07) is 7.91. The van der Waals surface area contributed by atoms with Gasteiger partial charge in [-0.15, -0.1) is 5.10 Å². The monoisotopic (exact) mass is 421 g/mol. The van der Waals surface area contributed by atoms with Gasteiger partial charge < -0.3 is 25.2 Å². The number of rotatable bonds is 6. The SMILES string of the molecule is CCNC(=S)NC.Cc1ccc(OCc2cn(CC3CC(O)CCO3)nn2)cc1. The molecule has 0 radical (unpaired) electrons. The molecule has 1 aliphatic rings. The number of aromatic nitrogens is 3. The van der Waals surface area contributed by atoms with Gasteiger partial charge in [-0.25, -0.2) is 4.68 Å². The van der Waals surface area contributed by atoms with E-state index in [4.69, 9.17) is 21.7 Å². The van der Waals surface area contributed by atoms with Crippen LogP contribution in [-0.2, 0) is 17.9 Å². The van der Waals surface area contributed by atoms with Gasteiger partial charge in [0.05, 0.1) is 24.9 Å². The quantitative estimate of drug-likeness (QED) is 0.608.